The van der Waals surface area contributed by atoms with E-state index in [0.717, 1.165) is 29.5 Å². The minimum atomic E-state index is -3.26. The molecule has 4 heteroatoms. The average Bonchev–Trinajstić information content (AvgIpc) is 2.61. The van der Waals surface area contributed by atoms with Gasteiger partial charge in [0.05, 0.1) is 4.90 Å². The standard InChI is InChI=1S/C22H26O3S/c1-5-16(2)15-21(18-9-7-6-8-10-18)22(17(3)23)19-11-13-20(14-12-19)26(4,24)25/h6-14,16H,5,15H2,1-4H3/b22-21-. The summed E-state index contributed by atoms with van der Waals surface area (Å²) in [6, 6.07) is 16.5. The molecule has 0 aliphatic carbocycles. The third-order valence-electron chi connectivity index (χ3n) is 4.60. The molecule has 0 aromatic heterocycles. The zero-order valence-electron chi connectivity index (χ0n) is 15.8. The lowest BCUT2D eigenvalue weighted by molar-refractivity contribution is -0.111. The Morgan fingerprint density at radius 1 is 0.962 bits per heavy atom. The van der Waals surface area contributed by atoms with E-state index in [-0.39, 0.29) is 10.7 Å². The molecule has 0 bridgehead atoms. The first-order valence-electron chi connectivity index (χ1n) is 8.84. The van der Waals surface area contributed by atoms with Gasteiger partial charge < -0.3 is 0 Å². The van der Waals surface area contributed by atoms with Crippen LogP contribution in [-0.4, -0.2) is 20.5 Å². The largest absolute Gasteiger partial charge is 0.294 e. The fourth-order valence-electron chi connectivity index (χ4n) is 2.96. The summed E-state index contributed by atoms with van der Waals surface area (Å²) in [7, 11) is -3.26. The van der Waals surface area contributed by atoms with Gasteiger partial charge in [0.25, 0.3) is 0 Å². The van der Waals surface area contributed by atoms with Gasteiger partial charge in [0, 0.05) is 11.8 Å². The van der Waals surface area contributed by atoms with E-state index in [1.54, 1.807) is 31.2 Å². The summed E-state index contributed by atoms with van der Waals surface area (Å²) >= 11 is 0. The van der Waals surface area contributed by atoms with Crippen molar-refractivity contribution in [3.05, 3.63) is 65.7 Å². The molecule has 0 amide bonds. The minimum absolute atomic E-state index is 0.0146. The number of carbonyl (C=O) groups excluding carboxylic acids is 1. The Balaban J connectivity index is 2.66. The Kier molecular flexibility index (Phi) is 6.54. The molecule has 0 radical (unpaired) electrons. The fourth-order valence-corrected chi connectivity index (χ4v) is 3.59. The lowest BCUT2D eigenvalue weighted by Gasteiger charge is -2.18. The Morgan fingerprint density at radius 3 is 2.00 bits per heavy atom. The molecular formula is C22H26O3S. The van der Waals surface area contributed by atoms with E-state index in [2.05, 4.69) is 13.8 Å². The van der Waals surface area contributed by atoms with E-state index in [0.29, 0.717) is 11.5 Å². The summed E-state index contributed by atoms with van der Waals surface area (Å²) in [4.78, 5) is 12.8. The van der Waals surface area contributed by atoms with Crippen LogP contribution in [0.25, 0.3) is 11.1 Å². The van der Waals surface area contributed by atoms with Gasteiger partial charge in [-0.25, -0.2) is 8.42 Å². The topological polar surface area (TPSA) is 51.2 Å². The second-order valence-electron chi connectivity index (χ2n) is 6.79. The maximum absolute atomic E-state index is 12.5. The van der Waals surface area contributed by atoms with Crippen molar-refractivity contribution in [2.45, 2.75) is 38.5 Å². The van der Waals surface area contributed by atoms with Crippen LogP contribution in [0.2, 0.25) is 0 Å². The molecule has 0 saturated heterocycles. The van der Waals surface area contributed by atoms with Crippen LogP contribution in [-0.2, 0) is 14.6 Å². The smallest absolute Gasteiger partial charge is 0.175 e. The van der Waals surface area contributed by atoms with Crippen LogP contribution in [0.5, 0.6) is 0 Å². The summed E-state index contributed by atoms with van der Waals surface area (Å²) in [6.45, 7) is 5.88. The van der Waals surface area contributed by atoms with Gasteiger partial charge in [-0.2, -0.15) is 0 Å². The molecule has 0 spiro atoms. The first kappa shape index (κ1) is 20.1. The maximum Gasteiger partial charge on any atom is 0.175 e. The van der Waals surface area contributed by atoms with Crippen LogP contribution in [0.3, 0.4) is 0 Å². The van der Waals surface area contributed by atoms with Crippen LogP contribution in [0, 0.1) is 5.92 Å². The van der Waals surface area contributed by atoms with E-state index in [4.69, 9.17) is 0 Å². The lowest BCUT2D eigenvalue weighted by Crippen LogP contribution is -2.05. The van der Waals surface area contributed by atoms with Gasteiger partial charge in [0.15, 0.2) is 15.6 Å². The monoisotopic (exact) mass is 370 g/mol. The van der Waals surface area contributed by atoms with Gasteiger partial charge in [0.2, 0.25) is 0 Å². The van der Waals surface area contributed by atoms with Crippen LogP contribution in [0.4, 0.5) is 0 Å². The quantitative estimate of drug-likeness (QED) is 0.507. The Bertz CT molecular complexity index is 892. The molecule has 0 heterocycles. The second kappa shape index (κ2) is 8.45. The molecule has 3 nitrogen and oxygen atoms in total. The predicted octanol–water partition coefficient (Wildman–Crippen LogP) is 5.03. The van der Waals surface area contributed by atoms with Gasteiger partial charge in [-0.05, 0) is 48.1 Å². The first-order chi connectivity index (χ1) is 12.2. The SMILES string of the molecule is CCC(C)C/C(=C(\C(C)=O)c1ccc(S(C)(=O)=O)cc1)c1ccccc1. The Labute approximate surface area is 156 Å². The molecule has 1 atom stereocenters. The molecule has 0 N–H and O–H groups in total. The Morgan fingerprint density at radius 2 is 1.54 bits per heavy atom. The summed E-state index contributed by atoms with van der Waals surface area (Å²) in [5.74, 6) is 0.425. The number of ketones is 1. The first-order valence-corrected chi connectivity index (χ1v) is 10.7. The summed E-state index contributed by atoms with van der Waals surface area (Å²) in [6.07, 6.45) is 3.00. The van der Waals surface area contributed by atoms with E-state index in [1.165, 1.54) is 6.26 Å². The van der Waals surface area contributed by atoms with Crippen molar-refractivity contribution in [1.82, 2.24) is 0 Å². The number of allylic oxidation sites excluding steroid dienone is 2. The van der Waals surface area contributed by atoms with E-state index in [9.17, 15) is 13.2 Å². The highest BCUT2D eigenvalue weighted by Crippen LogP contribution is 2.33. The van der Waals surface area contributed by atoms with Crippen LogP contribution < -0.4 is 0 Å². The number of rotatable bonds is 7. The minimum Gasteiger partial charge on any atom is -0.294 e. The molecule has 2 aromatic carbocycles. The van der Waals surface area contributed by atoms with Crippen LogP contribution in [0.15, 0.2) is 59.5 Å². The number of carbonyl (C=O) groups is 1. The van der Waals surface area contributed by atoms with Crippen molar-refractivity contribution in [3.8, 4) is 0 Å². The van der Waals surface area contributed by atoms with Crippen molar-refractivity contribution in [2.24, 2.45) is 5.92 Å². The van der Waals surface area contributed by atoms with Gasteiger partial charge in [-0.1, -0.05) is 62.7 Å². The van der Waals surface area contributed by atoms with Gasteiger partial charge >= 0.3 is 0 Å². The zero-order valence-corrected chi connectivity index (χ0v) is 16.6. The van der Waals surface area contributed by atoms with E-state index >= 15 is 0 Å². The molecule has 0 fully saturated rings. The molecule has 0 saturated carbocycles. The lowest BCUT2D eigenvalue weighted by atomic mass is 9.86. The average molecular weight is 371 g/mol. The number of hydrogen-bond donors (Lipinski definition) is 0. The van der Waals surface area contributed by atoms with Crippen molar-refractivity contribution >= 4 is 26.8 Å². The zero-order chi connectivity index (χ0) is 19.3. The van der Waals surface area contributed by atoms with Crippen molar-refractivity contribution in [3.63, 3.8) is 0 Å². The van der Waals surface area contributed by atoms with Crippen molar-refractivity contribution in [2.75, 3.05) is 6.26 Å². The fraction of sp³-hybridized carbons (Fsp3) is 0.318. The van der Waals surface area contributed by atoms with E-state index < -0.39 is 9.84 Å². The van der Waals surface area contributed by atoms with Gasteiger partial charge in [-0.3, -0.25) is 4.79 Å². The molecule has 0 aliphatic heterocycles. The molecule has 2 rings (SSSR count). The predicted molar refractivity (Wildman–Crippen MR) is 108 cm³/mol. The van der Waals surface area contributed by atoms with Crippen LogP contribution in [0.1, 0.15) is 44.7 Å². The van der Waals surface area contributed by atoms with Crippen molar-refractivity contribution < 1.29 is 13.2 Å². The molecule has 2 aromatic rings. The summed E-state index contributed by atoms with van der Waals surface area (Å²) < 4.78 is 23.4. The third kappa shape index (κ3) is 4.92. The number of sulfone groups is 1. The summed E-state index contributed by atoms with van der Waals surface area (Å²) in [5.41, 5.74) is 3.47. The second-order valence-corrected chi connectivity index (χ2v) is 8.81. The molecule has 0 aliphatic rings. The van der Waals surface area contributed by atoms with Gasteiger partial charge in [0.1, 0.15) is 0 Å². The maximum atomic E-state index is 12.5. The highest BCUT2D eigenvalue weighted by molar-refractivity contribution is 7.90. The highest BCUT2D eigenvalue weighted by Gasteiger charge is 2.18. The molecule has 138 valence electrons. The highest BCUT2D eigenvalue weighted by atomic mass is 32.2. The normalized spacial score (nSPS) is 13.8. The number of Topliss-reactive ketones (excluding diaryl/α,β-unsaturated/α-hetero) is 1. The van der Waals surface area contributed by atoms with Gasteiger partial charge in [-0.15, -0.1) is 0 Å². The molecule has 26 heavy (non-hydrogen) atoms. The van der Waals surface area contributed by atoms with Crippen molar-refractivity contribution in [1.29, 1.82) is 0 Å². The number of benzene rings is 2. The Hall–Kier alpha value is -2.20. The third-order valence-corrected chi connectivity index (χ3v) is 5.73. The number of hydrogen-bond acceptors (Lipinski definition) is 3. The molecule has 1 unspecified atom stereocenters. The van der Waals surface area contributed by atoms with E-state index in [1.807, 2.05) is 30.3 Å². The molecular weight excluding hydrogens is 344 g/mol. The van der Waals surface area contributed by atoms with Crippen LogP contribution >= 0.6 is 0 Å². The summed E-state index contributed by atoms with van der Waals surface area (Å²) in [5, 5.41) is 0.